The van der Waals surface area contributed by atoms with E-state index in [2.05, 4.69) is 25.8 Å². The van der Waals surface area contributed by atoms with Crippen LogP contribution in [0.3, 0.4) is 0 Å². The molecule has 0 unspecified atom stereocenters. The molecule has 2 aromatic rings. The standard InChI is InChI=1S/C18H24ClNO/c1-17(2,3)15(21)10-14-16(18(4,5)6)12-9-11(19)7-8-13(12)20-14/h7-9,20H,10H2,1-6H3. The molecule has 0 radical (unpaired) electrons. The van der Waals surface area contributed by atoms with Gasteiger partial charge in [0.25, 0.3) is 0 Å². The van der Waals surface area contributed by atoms with Crippen molar-refractivity contribution in [1.29, 1.82) is 0 Å². The van der Waals surface area contributed by atoms with Crippen molar-refractivity contribution in [2.75, 3.05) is 0 Å². The second-order valence-corrected chi connectivity index (χ2v) is 8.20. The molecule has 0 aliphatic carbocycles. The van der Waals surface area contributed by atoms with Crippen LogP contribution in [0, 0.1) is 5.41 Å². The molecule has 1 heterocycles. The molecule has 0 amide bonds. The highest BCUT2D eigenvalue weighted by atomic mass is 35.5. The number of Topliss-reactive ketones (excluding diaryl/α,β-unsaturated/α-hetero) is 1. The minimum Gasteiger partial charge on any atom is -0.358 e. The number of rotatable bonds is 2. The van der Waals surface area contributed by atoms with Crippen LogP contribution in [0.25, 0.3) is 10.9 Å². The van der Waals surface area contributed by atoms with E-state index in [0.717, 1.165) is 21.6 Å². The maximum absolute atomic E-state index is 12.4. The van der Waals surface area contributed by atoms with Crippen LogP contribution < -0.4 is 0 Å². The van der Waals surface area contributed by atoms with Gasteiger partial charge < -0.3 is 4.98 Å². The molecule has 0 atom stereocenters. The summed E-state index contributed by atoms with van der Waals surface area (Å²) in [5.74, 6) is 0.241. The van der Waals surface area contributed by atoms with Gasteiger partial charge >= 0.3 is 0 Å². The van der Waals surface area contributed by atoms with Crippen molar-refractivity contribution in [1.82, 2.24) is 4.98 Å². The molecule has 21 heavy (non-hydrogen) atoms. The second-order valence-electron chi connectivity index (χ2n) is 7.77. The molecule has 1 aromatic heterocycles. The number of carbonyl (C=O) groups is 1. The Morgan fingerprint density at radius 3 is 2.29 bits per heavy atom. The molecular weight excluding hydrogens is 282 g/mol. The fraction of sp³-hybridized carbons (Fsp3) is 0.500. The molecule has 1 N–H and O–H groups in total. The number of nitrogens with one attached hydrogen (secondary N) is 1. The van der Waals surface area contributed by atoms with Crippen molar-refractivity contribution in [3.63, 3.8) is 0 Å². The quantitative estimate of drug-likeness (QED) is 0.804. The maximum Gasteiger partial charge on any atom is 0.144 e. The Morgan fingerprint density at radius 2 is 1.76 bits per heavy atom. The van der Waals surface area contributed by atoms with Crippen LogP contribution >= 0.6 is 11.6 Å². The first-order chi connectivity index (χ1) is 9.50. The summed E-state index contributed by atoms with van der Waals surface area (Å²) in [6.07, 6.45) is 0.433. The topological polar surface area (TPSA) is 32.9 Å². The number of ketones is 1. The van der Waals surface area contributed by atoms with Crippen molar-refractivity contribution < 1.29 is 4.79 Å². The molecule has 0 fully saturated rings. The highest BCUT2D eigenvalue weighted by molar-refractivity contribution is 6.31. The Hall–Kier alpha value is -1.28. The van der Waals surface area contributed by atoms with Crippen molar-refractivity contribution in [3.05, 3.63) is 34.5 Å². The van der Waals surface area contributed by atoms with Crippen molar-refractivity contribution in [3.8, 4) is 0 Å². The van der Waals surface area contributed by atoms with Crippen LogP contribution in [-0.4, -0.2) is 10.8 Å². The third-order valence-corrected chi connectivity index (χ3v) is 4.00. The number of hydrogen-bond acceptors (Lipinski definition) is 1. The van der Waals surface area contributed by atoms with Crippen LogP contribution in [0.2, 0.25) is 5.02 Å². The number of aromatic amines is 1. The lowest BCUT2D eigenvalue weighted by molar-refractivity contribution is -0.125. The first kappa shape index (κ1) is 16.1. The first-order valence-electron chi connectivity index (χ1n) is 7.34. The summed E-state index contributed by atoms with van der Waals surface area (Å²) in [6, 6.07) is 5.85. The van der Waals surface area contributed by atoms with E-state index in [0.29, 0.717) is 6.42 Å². The number of H-pyrrole nitrogens is 1. The van der Waals surface area contributed by atoms with Gasteiger partial charge in [-0.25, -0.2) is 0 Å². The van der Waals surface area contributed by atoms with Gasteiger partial charge in [-0.3, -0.25) is 4.79 Å². The van der Waals surface area contributed by atoms with E-state index in [1.165, 1.54) is 5.56 Å². The Kier molecular flexibility index (Phi) is 3.96. The van der Waals surface area contributed by atoms with E-state index in [1.807, 2.05) is 39.0 Å². The molecule has 0 aliphatic rings. The predicted molar refractivity (Wildman–Crippen MR) is 90.2 cm³/mol. The summed E-state index contributed by atoms with van der Waals surface area (Å²) < 4.78 is 0. The van der Waals surface area contributed by atoms with E-state index in [4.69, 9.17) is 11.6 Å². The Bertz CT molecular complexity index is 684. The average molecular weight is 306 g/mol. The molecule has 0 aliphatic heterocycles. The monoisotopic (exact) mass is 305 g/mol. The first-order valence-corrected chi connectivity index (χ1v) is 7.72. The zero-order chi connectivity index (χ0) is 16.0. The van der Waals surface area contributed by atoms with Crippen molar-refractivity contribution >= 4 is 28.3 Å². The molecule has 0 bridgehead atoms. The summed E-state index contributed by atoms with van der Waals surface area (Å²) in [6.45, 7) is 12.4. The molecule has 1 aromatic carbocycles. The Balaban J connectivity index is 2.61. The molecule has 3 heteroatoms. The summed E-state index contributed by atoms with van der Waals surface area (Å²) in [5, 5.41) is 1.84. The lowest BCUT2D eigenvalue weighted by Gasteiger charge is -2.22. The van der Waals surface area contributed by atoms with Crippen molar-refractivity contribution in [2.24, 2.45) is 5.41 Å². The zero-order valence-corrected chi connectivity index (χ0v) is 14.5. The summed E-state index contributed by atoms with van der Waals surface area (Å²) in [5.41, 5.74) is 2.87. The number of halogens is 1. The fourth-order valence-electron chi connectivity index (χ4n) is 2.63. The molecule has 0 saturated heterocycles. The van der Waals surface area contributed by atoms with E-state index in [9.17, 15) is 4.79 Å². The Morgan fingerprint density at radius 1 is 1.14 bits per heavy atom. The van der Waals surface area contributed by atoms with Gasteiger partial charge in [-0.05, 0) is 29.2 Å². The van der Waals surface area contributed by atoms with Gasteiger partial charge in [-0.15, -0.1) is 0 Å². The van der Waals surface area contributed by atoms with Crippen LogP contribution in [0.1, 0.15) is 52.8 Å². The van der Waals surface area contributed by atoms with Crippen LogP contribution in [0.15, 0.2) is 18.2 Å². The lowest BCUT2D eigenvalue weighted by atomic mass is 9.81. The summed E-state index contributed by atoms with van der Waals surface area (Å²) in [7, 11) is 0. The maximum atomic E-state index is 12.4. The molecule has 114 valence electrons. The average Bonchev–Trinajstić information content (AvgIpc) is 2.64. The van der Waals surface area contributed by atoms with Gasteiger partial charge in [0.05, 0.1) is 0 Å². The van der Waals surface area contributed by atoms with Crippen LogP contribution in [0.4, 0.5) is 0 Å². The highest BCUT2D eigenvalue weighted by Gasteiger charge is 2.28. The molecular formula is C18H24ClNO. The lowest BCUT2D eigenvalue weighted by Crippen LogP contribution is -2.24. The predicted octanol–water partition coefficient (Wildman–Crippen LogP) is 5.28. The molecule has 2 rings (SSSR count). The third-order valence-electron chi connectivity index (χ3n) is 3.76. The van der Waals surface area contributed by atoms with Crippen molar-refractivity contribution in [2.45, 2.75) is 53.4 Å². The van der Waals surface area contributed by atoms with Gasteiger partial charge in [0.1, 0.15) is 5.78 Å². The normalized spacial score (nSPS) is 12.9. The van der Waals surface area contributed by atoms with E-state index >= 15 is 0 Å². The number of hydrogen-bond donors (Lipinski definition) is 1. The molecule has 0 spiro atoms. The zero-order valence-electron chi connectivity index (χ0n) is 13.7. The SMILES string of the molecule is CC(C)(C)C(=O)Cc1[nH]c2ccc(Cl)cc2c1C(C)(C)C. The van der Waals surface area contributed by atoms with Gasteiger partial charge in [-0.2, -0.15) is 0 Å². The minimum absolute atomic E-state index is 0.0452. The number of benzene rings is 1. The molecule has 2 nitrogen and oxygen atoms in total. The van der Waals surface area contributed by atoms with Gasteiger partial charge in [0, 0.05) is 33.5 Å². The van der Waals surface area contributed by atoms with E-state index < -0.39 is 0 Å². The third kappa shape index (κ3) is 3.32. The van der Waals surface area contributed by atoms with E-state index in [1.54, 1.807) is 0 Å². The summed E-state index contributed by atoms with van der Waals surface area (Å²) >= 11 is 6.15. The number of fused-ring (bicyclic) bond motifs is 1. The highest BCUT2D eigenvalue weighted by Crippen LogP contribution is 2.35. The van der Waals surface area contributed by atoms with E-state index in [-0.39, 0.29) is 16.6 Å². The van der Waals surface area contributed by atoms with Crippen LogP contribution in [0.5, 0.6) is 0 Å². The Labute approximate surface area is 131 Å². The van der Waals surface area contributed by atoms with Gasteiger partial charge in [-0.1, -0.05) is 53.1 Å². The summed E-state index contributed by atoms with van der Waals surface area (Å²) in [4.78, 5) is 15.8. The largest absolute Gasteiger partial charge is 0.358 e. The number of carbonyl (C=O) groups excluding carboxylic acids is 1. The fourth-order valence-corrected chi connectivity index (χ4v) is 2.81. The minimum atomic E-state index is -0.329. The smallest absolute Gasteiger partial charge is 0.144 e. The second kappa shape index (κ2) is 5.17. The van der Waals surface area contributed by atoms with Gasteiger partial charge in [0.15, 0.2) is 0 Å². The van der Waals surface area contributed by atoms with Gasteiger partial charge in [0.2, 0.25) is 0 Å². The number of aromatic nitrogens is 1. The van der Waals surface area contributed by atoms with Crippen LogP contribution in [-0.2, 0) is 16.6 Å². The molecule has 0 saturated carbocycles.